The summed E-state index contributed by atoms with van der Waals surface area (Å²) in [7, 11) is 2.10. The van der Waals surface area contributed by atoms with E-state index in [1.165, 1.54) is 0 Å². The zero-order valence-electron chi connectivity index (χ0n) is 15.0. The molecule has 1 aliphatic heterocycles. The van der Waals surface area contributed by atoms with Crippen molar-refractivity contribution in [2.75, 3.05) is 33.2 Å². The molecule has 0 spiro atoms. The van der Waals surface area contributed by atoms with E-state index in [2.05, 4.69) is 11.9 Å². The van der Waals surface area contributed by atoms with E-state index in [-0.39, 0.29) is 11.8 Å². The quantitative estimate of drug-likeness (QED) is 0.764. The van der Waals surface area contributed by atoms with Crippen LogP contribution in [0.3, 0.4) is 0 Å². The Hall–Kier alpha value is -1.55. The Morgan fingerprint density at radius 1 is 0.846 bits per heavy atom. The molecule has 5 heteroatoms. The maximum Gasteiger partial charge on any atom is 0.226 e. The number of hydrogen-bond donors (Lipinski definition) is 0. The van der Waals surface area contributed by atoms with Crippen LogP contribution in [0.4, 0.5) is 0 Å². The van der Waals surface area contributed by atoms with Gasteiger partial charge in [-0.3, -0.25) is 4.79 Å². The second kappa shape index (κ2) is 8.90. The zero-order chi connectivity index (χ0) is 18.5. The third kappa shape index (κ3) is 5.23. The number of hydrogen-bond acceptors (Lipinski definition) is 2. The Labute approximate surface area is 165 Å². The van der Waals surface area contributed by atoms with Crippen molar-refractivity contribution in [1.29, 1.82) is 0 Å². The number of piperazine rings is 1. The van der Waals surface area contributed by atoms with Crippen LogP contribution >= 0.6 is 23.2 Å². The highest BCUT2D eigenvalue weighted by atomic mass is 35.5. The highest BCUT2D eigenvalue weighted by Crippen LogP contribution is 2.21. The molecule has 0 unspecified atom stereocenters. The van der Waals surface area contributed by atoms with Gasteiger partial charge in [-0.1, -0.05) is 47.5 Å². The van der Waals surface area contributed by atoms with Crippen molar-refractivity contribution < 1.29 is 4.79 Å². The molecule has 0 radical (unpaired) electrons. The number of amides is 1. The van der Waals surface area contributed by atoms with Crippen LogP contribution < -0.4 is 0 Å². The first-order chi connectivity index (χ1) is 12.5. The first kappa shape index (κ1) is 19.2. The molecule has 138 valence electrons. The highest BCUT2D eigenvalue weighted by Gasteiger charge is 2.27. The number of likely N-dealkylation sites (N-methyl/N-ethyl adjacent to an activating group) is 1. The van der Waals surface area contributed by atoms with E-state index >= 15 is 0 Å². The topological polar surface area (TPSA) is 23.6 Å². The monoisotopic (exact) mass is 390 g/mol. The molecule has 0 atom stereocenters. The number of carbonyl (C=O) groups is 1. The van der Waals surface area contributed by atoms with Gasteiger partial charge in [0.05, 0.1) is 0 Å². The van der Waals surface area contributed by atoms with Crippen LogP contribution in [-0.4, -0.2) is 48.9 Å². The average Bonchev–Trinajstić information content (AvgIpc) is 2.65. The van der Waals surface area contributed by atoms with E-state index in [1.807, 2.05) is 53.4 Å². The van der Waals surface area contributed by atoms with Gasteiger partial charge in [-0.05, 0) is 55.3 Å². The summed E-state index contributed by atoms with van der Waals surface area (Å²) in [4.78, 5) is 17.5. The van der Waals surface area contributed by atoms with Crippen molar-refractivity contribution >= 4 is 29.1 Å². The van der Waals surface area contributed by atoms with Crippen LogP contribution in [-0.2, 0) is 17.6 Å². The third-order valence-electron chi connectivity index (χ3n) is 4.95. The van der Waals surface area contributed by atoms with Crippen LogP contribution in [0.2, 0.25) is 10.0 Å². The molecule has 0 aliphatic carbocycles. The van der Waals surface area contributed by atoms with Crippen LogP contribution in [0.25, 0.3) is 0 Å². The molecule has 0 aromatic heterocycles. The summed E-state index contributed by atoms with van der Waals surface area (Å²) < 4.78 is 0. The van der Waals surface area contributed by atoms with Crippen LogP contribution in [0.5, 0.6) is 0 Å². The number of carbonyl (C=O) groups excluding carboxylic acids is 1. The molecular formula is C21H24Cl2N2O. The lowest BCUT2D eigenvalue weighted by Crippen LogP contribution is -2.49. The van der Waals surface area contributed by atoms with E-state index in [1.54, 1.807) is 0 Å². The zero-order valence-corrected chi connectivity index (χ0v) is 16.5. The molecule has 26 heavy (non-hydrogen) atoms. The summed E-state index contributed by atoms with van der Waals surface area (Å²) in [5, 5.41) is 1.43. The average molecular weight is 391 g/mol. The van der Waals surface area contributed by atoms with Gasteiger partial charge in [0, 0.05) is 42.1 Å². The fourth-order valence-electron chi connectivity index (χ4n) is 3.34. The van der Waals surface area contributed by atoms with Crippen LogP contribution in [0.1, 0.15) is 11.1 Å². The molecule has 2 aromatic carbocycles. The Morgan fingerprint density at radius 2 is 1.27 bits per heavy atom. The van der Waals surface area contributed by atoms with E-state index in [0.29, 0.717) is 22.9 Å². The minimum Gasteiger partial charge on any atom is -0.340 e. The molecule has 3 rings (SSSR count). The van der Waals surface area contributed by atoms with Crippen molar-refractivity contribution in [3.63, 3.8) is 0 Å². The Morgan fingerprint density at radius 3 is 1.69 bits per heavy atom. The van der Waals surface area contributed by atoms with Gasteiger partial charge in [0.1, 0.15) is 0 Å². The predicted molar refractivity (Wildman–Crippen MR) is 108 cm³/mol. The number of nitrogens with zero attached hydrogens (tertiary/aromatic N) is 2. The van der Waals surface area contributed by atoms with Gasteiger partial charge in [0.15, 0.2) is 0 Å². The molecular weight excluding hydrogens is 367 g/mol. The lowest BCUT2D eigenvalue weighted by Gasteiger charge is -2.34. The van der Waals surface area contributed by atoms with Crippen molar-refractivity contribution in [2.24, 2.45) is 5.92 Å². The largest absolute Gasteiger partial charge is 0.340 e. The standard InChI is InChI=1S/C21H24Cl2N2O/c1-24-10-12-25(13-11-24)21(26)18(14-16-2-6-19(22)7-3-16)15-17-4-8-20(23)9-5-17/h2-9,18H,10-15H2,1H3. The second-order valence-electron chi connectivity index (χ2n) is 6.99. The van der Waals surface area contributed by atoms with Crippen LogP contribution in [0, 0.1) is 5.92 Å². The summed E-state index contributed by atoms with van der Waals surface area (Å²) in [5.41, 5.74) is 2.27. The molecule has 0 bridgehead atoms. The third-order valence-corrected chi connectivity index (χ3v) is 5.46. The Balaban J connectivity index is 1.76. The Kier molecular flexibility index (Phi) is 6.58. The molecule has 0 N–H and O–H groups in total. The van der Waals surface area contributed by atoms with Gasteiger partial charge in [-0.2, -0.15) is 0 Å². The number of benzene rings is 2. The first-order valence-corrected chi connectivity index (χ1v) is 9.73. The second-order valence-corrected chi connectivity index (χ2v) is 7.86. The van der Waals surface area contributed by atoms with Gasteiger partial charge in [0.2, 0.25) is 5.91 Å². The van der Waals surface area contributed by atoms with Crippen molar-refractivity contribution in [2.45, 2.75) is 12.8 Å². The molecule has 0 saturated carbocycles. The lowest BCUT2D eigenvalue weighted by atomic mass is 9.91. The lowest BCUT2D eigenvalue weighted by molar-refractivity contribution is -0.137. The summed E-state index contributed by atoms with van der Waals surface area (Å²) in [6.45, 7) is 3.46. The fourth-order valence-corrected chi connectivity index (χ4v) is 3.59. The van der Waals surface area contributed by atoms with Crippen molar-refractivity contribution in [3.8, 4) is 0 Å². The van der Waals surface area contributed by atoms with Gasteiger partial charge < -0.3 is 9.80 Å². The van der Waals surface area contributed by atoms with Crippen molar-refractivity contribution in [1.82, 2.24) is 9.80 Å². The van der Waals surface area contributed by atoms with E-state index in [9.17, 15) is 4.79 Å². The van der Waals surface area contributed by atoms with Gasteiger partial charge in [0.25, 0.3) is 0 Å². The maximum atomic E-state index is 13.2. The summed E-state index contributed by atoms with van der Waals surface area (Å²) in [5.74, 6) is 0.156. The van der Waals surface area contributed by atoms with Crippen molar-refractivity contribution in [3.05, 3.63) is 69.7 Å². The fraction of sp³-hybridized carbons (Fsp3) is 0.381. The molecule has 1 saturated heterocycles. The molecule has 1 aliphatic rings. The molecule has 2 aromatic rings. The molecule has 1 fully saturated rings. The smallest absolute Gasteiger partial charge is 0.226 e. The summed E-state index contributed by atoms with van der Waals surface area (Å²) in [6.07, 6.45) is 1.43. The number of halogens is 2. The molecule has 3 nitrogen and oxygen atoms in total. The van der Waals surface area contributed by atoms with Gasteiger partial charge in [-0.15, -0.1) is 0 Å². The minimum absolute atomic E-state index is 0.0826. The Bertz CT molecular complexity index is 675. The summed E-state index contributed by atoms with van der Waals surface area (Å²) in [6, 6.07) is 15.6. The molecule has 1 amide bonds. The number of rotatable bonds is 5. The first-order valence-electron chi connectivity index (χ1n) is 8.97. The SMILES string of the molecule is CN1CCN(C(=O)C(Cc2ccc(Cl)cc2)Cc2ccc(Cl)cc2)CC1. The normalized spacial score (nSPS) is 15.5. The van der Waals surface area contributed by atoms with E-state index in [0.717, 1.165) is 37.3 Å². The highest BCUT2D eigenvalue weighted by molar-refractivity contribution is 6.30. The predicted octanol–water partition coefficient (Wildman–Crippen LogP) is 4.17. The maximum absolute atomic E-state index is 13.2. The van der Waals surface area contributed by atoms with E-state index in [4.69, 9.17) is 23.2 Å². The van der Waals surface area contributed by atoms with Gasteiger partial charge in [-0.25, -0.2) is 0 Å². The molecule has 1 heterocycles. The minimum atomic E-state index is -0.0826. The van der Waals surface area contributed by atoms with Gasteiger partial charge >= 0.3 is 0 Å². The summed E-state index contributed by atoms with van der Waals surface area (Å²) >= 11 is 12.0. The van der Waals surface area contributed by atoms with Crippen LogP contribution in [0.15, 0.2) is 48.5 Å². The van der Waals surface area contributed by atoms with E-state index < -0.39 is 0 Å².